The Bertz CT molecular complexity index is 155. The molecule has 3 heteroatoms. The number of alkyl halides is 1. The number of hydrogen-bond donors (Lipinski definition) is 1. The third-order valence-corrected chi connectivity index (χ3v) is 3.86. The van der Waals surface area contributed by atoms with Gasteiger partial charge in [-0.05, 0) is 18.8 Å². The summed E-state index contributed by atoms with van der Waals surface area (Å²) >= 11 is 3.59. The van der Waals surface area contributed by atoms with E-state index in [1.807, 2.05) is 0 Å². The first-order valence-electron chi connectivity index (χ1n) is 3.71. The monoisotopic (exact) mass is 203 g/mol. The number of amides is 1. The Labute approximate surface area is 68.5 Å². The van der Waals surface area contributed by atoms with Crippen molar-refractivity contribution in [3.8, 4) is 0 Å². The lowest BCUT2D eigenvalue weighted by atomic mass is 10.0. The van der Waals surface area contributed by atoms with Crippen molar-refractivity contribution in [2.24, 2.45) is 5.92 Å². The zero-order valence-electron chi connectivity index (χ0n) is 5.64. The van der Waals surface area contributed by atoms with E-state index < -0.39 is 0 Å². The molecule has 2 bridgehead atoms. The van der Waals surface area contributed by atoms with Crippen LogP contribution in [0.2, 0.25) is 0 Å². The molecule has 3 atom stereocenters. The summed E-state index contributed by atoms with van der Waals surface area (Å²) in [5.41, 5.74) is 0. The van der Waals surface area contributed by atoms with Crippen molar-refractivity contribution in [3.05, 3.63) is 0 Å². The molecule has 2 rings (SSSR count). The van der Waals surface area contributed by atoms with Gasteiger partial charge in [0.2, 0.25) is 5.91 Å². The quantitative estimate of drug-likeness (QED) is 0.587. The number of halogens is 1. The van der Waals surface area contributed by atoms with E-state index in [0.717, 1.165) is 12.8 Å². The fourth-order valence-corrected chi connectivity index (χ4v) is 2.76. The summed E-state index contributed by atoms with van der Waals surface area (Å²) in [6.07, 6.45) is 3.10. The molecule has 0 aromatic carbocycles. The van der Waals surface area contributed by atoms with E-state index in [2.05, 4.69) is 21.2 Å². The number of carbonyl (C=O) groups excluding carboxylic acids is 1. The zero-order valence-corrected chi connectivity index (χ0v) is 7.23. The number of carbonyl (C=O) groups is 1. The number of piperidine rings is 1. The molecule has 2 aliphatic rings. The highest BCUT2D eigenvalue weighted by atomic mass is 79.9. The van der Waals surface area contributed by atoms with Gasteiger partial charge < -0.3 is 5.32 Å². The molecule has 1 amide bonds. The van der Waals surface area contributed by atoms with Crippen molar-refractivity contribution >= 4 is 21.8 Å². The molecule has 0 aromatic rings. The second kappa shape index (κ2) is 2.22. The van der Waals surface area contributed by atoms with Gasteiger partial charge in [-0.3, -0.25) is 4.79 Å². The fraction of sp³-hybridized carbons (Fsp3) is 0.857. The Morgan fingerprint density at radius 3 is 3.00 bits per heavy atom. The Balaban J connectivity index is 2.16. The van der Waals surface area contributed by atoms with E-state index >= 15 is 0 Å². The predicted molar refractivity (Wildman–Crippen MR) is 42.0 cm³/mol. The SMILES string of the molecule is O=C1C[C@H]2CC[C@@H](N1)[C@@H]2Br. The molecule has 1 heterocycles. The molecule has 0 unspecified atom stereocenters. The second-order valence-electron chi connectivity index (χ2n) is 3.16. The average molecular weight is 204 g/mol. The molecule has 1 saturated carbocycles. The van der Waals surface area contributed by atoms with Gasteiger partial charge in [-0.1, -0.05) is 15.9 Å². The minimum Gasteiger partial charge on any atom is -0.352 e. The molecule has 1 aliphatic heterocycles. The van der Waals surface area contributed by atoms with Gasteiger partial charge in [0, 0.05) is 17.3 Å². The topological polar surface area (TPSA) is 29.1 Å². The summed E-state index contributed by atoms with van der Waals surface area (Å²) in [5.74, 6) is 0.849. The van der Waals surface area contributed by atoms with Gasteiger partial charge in [-0.25, -0.2) is 0 Å². The van der Waals surface area contributed by atoms with Crippen LogP contribution in [0.5, 0.6) is 0 Å². The molecule has 0 aromatic heterocycles. The summed E-state index contributed by atoms with van der Waals surface area (Å²) in [7, 11) is 0. The molecule has 2 fully saturated rings. The molecule has 56 valence electrons. The first-order valence-corrected chi connectivity index (χ1v) is 4.62. The van der Waals surface area contributed by atoms with Crippen LogP contribution in [0.25, 0.3) is 0 Å². The van der Waals surface area contributed by atoms with Crippen LogP contribution >= 0.6 is 15.9 Å². The highest BCUT2D eigenvalue weighted by molar-refractivity contribution is 9.09. The van der Waals surface area contributed by atoms with Gasteiger partial charge in [-0.15, -0.1) is 0 Å². The summed E-state index contributed by atoms with van der Waals surface area (Å²) in [6.45, 7) is 0. The maximum Gasteiger partial charge on any atom is 0.220 e. The number of fused-ring (bicyclic) bond motifs is 2. The summed E-state index contributed by atoms with van der Waals surface area (Å²) in [5, 5.41) is 2.97. The van der Waals surface area contributed by atoms with E-state index in [1.165, 1.54) is 6.42 Å². The zero-order chi connectivity index (χ0) is 7.14. The van der Waals surface area contributed by atoms with E-state index in [9.17, 15) is 4.79 Å². The van der Waals surface area contributed by atoms with Gasteiger partial charge in [0.25, 0.3) is 0 Å². The van der Waals surface area contributed by atoms with E-state index in [0.29, 0.717) is 16.8 Å². The Morgan fingerprint density at radius 1 is 1.50 bits per heavy atom. The minimum atomic E-state index is 0.239. The molecule has 10 heavy (non-hydrogen) atoms. The molecule has 1 N–H and O–H groups in total. The highest BCUT2D eigenvalue weighted by Gasteiger charge is 2.40. The van der Waals surface area contributed by atoms with Gasteiger partial charge >= 0.3 is 0 Å². The maximum atomic E-state index is 10.9. The smallest absolute Gasteiger partial charge is 0.220 e. The summed E-state index contributed by atoms with van der Waals surface area (Å²) < 4.78 is 0. The molecule has 2 nitrogen and oxygen atoms in total. The summed E-state index contributed by atoms with van der Waals surface area (Å²) in [4.78, 5) is 11.5. The number of nitrogens with one attached hydrogen (secondary N) is 1. The number of rotatable bonds is 0. The van der Waals surface area contributed by atoms with Crippen molar-refractivity contribution < 1.29 is 4.79 Å². The van der Waals surface area contributed by atoms with Crippen LogP contribution in [-0.4, -0.2) is 16.8 Å². The van der Waals surface area contributed by atoms with Crippen LogP contribution < -0.4 is 5.32 Å². The van der Waals surface area contributed by atoms with Crippen molar-refractivity contribution in [2.45, 2.75) is 30.1 Å². The predicted octanol–water partition coefficient (Wildman–Crippen LogP) is 1.05. The second-order valence-corrected chi connectivity index (χ2v) is 4.22. The normalized spacial score (nSPS) is 45.3. The van der Waals surface area contributed by atoms with Crippen molar-refractivity contribution in [3.63, 3.8) is 0 Å². The molecule has 0 radical (unpaired) electrons. The van der Waals surface area contributed by atoms with Crippen LogP contribution in [0.1, 0.15) is 19.3 Å². The van der Waals surface area contributed by atoms with Crippen LogP contribution in [-0.2, 0) is 4.79 Å². The standard InChI is InChI=1S/C7H10BrNO/c8-7-4-1-2-5(7)9-6(10)3-4/h4-5,7H,1-3H2,(H,9,10)/t4-,5-,7-/m1/s1. The van der Waals surface area contributed by atoms with Gasteiger partial charge in [-0.2, -0.15) is 0 Å². The van der Waals surface area contributed by atoms with Crippen LogP contribution in [0.4, 0.5) is 0 Å². The maximum absolute atomic E-state index is 10.9. The van der Waals surface area contributed by atoms with Crippen LogP contribution in [0.3, 0.4) is 0 Å². The van der Waals surface area contributed by atoms with Gasteiger partial charge in [0.15, 0.2) is 0 Å². The Morgan fingerprint density at radius 2 is 2.30 bits per heavy atom. The van der Waals surface area contributed by atoms with Crippen molar-refractivity contribution in [1.82, 2.24) is 5.32 Å². The van der Waals surface area contributed by atoms with Crippen molar-refractivity contribution in [2.75, 3.05) is 0 Å². The van der Waals surface area contributed by atoms with Gasteiger partial charge in [0.05, 0.1) is 0 Å². The molecular weight excluding hydrogens is 194 g/mol. The van der Waals surface area contributed by atoms with E-state index in [4.69, 9.17) is 0 Å². The largest absolute Gasteiger partial charge is 0.352 e. The van der Waals surface area contributed by atoms with Crippen LogP contribution in [0.15, 0.2) is 0 Å². The van der Waals surface area contributed by atoms with Crippen molar-refractivity contribution in [1.29, 1.82) is 0 Å². The van der Waals surface area contributed by atoms with E-state index in [1.54, 1.807) is 0 Å². The average Bonchev–Trinajstić information content (AvgIpc) is 2.20. The number of hydrogen-bond acceptors (Lipinski definition) is 1. The lowest BCUT2D eigenvalue weighted by Crippen LogP contribution is -2.44. The molecular formula is C7H10BrNO. The lowest BCUT2D eigenvalue weighted by Gasteiger charge is -2.25. The molecule has 0 spiro atoms. The third-order valence-electron chi connectivity index (χ3n) is 2.48. The van der Waals surface area contributed by atoms with Gasteiger partial charge in [0.1, 0.15) is 0 Å². The third kappa shape index (κ3) is 0.875. The molecule has 1 aliphatic carbocycles. The summed E-state index contributed by atoms with van der Waals surface area (Å²) in [6, 6.07) is 0.422. The highest BCUT2D eigenvalue weighted by Crippen LogP contribution is 2.37. The fourth-order valence-electron chi connectivity index (χ4n) is 1.91. The lowest BCUT2D eigenvalue weighted by molar-refractivity contribution is -0.123. The van der Waals surface area contributed by atoms with E-state index in [-0.39, 0.29) is 5.91 Å². The molecule has 1 saturated heterocycles. The Hall–Kier alpha value is -0.0500. The van der Waals surface area contributed by atoms with Crippen LogP contribution in [0, 0.1) is 5.92 Å². The first-order chi connectivity index (χ1) is 4.77. The first kappa shape index (κ1) is 6.65. The minimum absolute atomic E-state index is 0.239. The Kier molecular flexibility index (Phi) is 1.48.